The van der Waals surface area contributed by atoms with Crippen molar-refractivity contribution in [3.8, 4) is 0 Å². The largest absolute Gasteiger partial charge is 0.315 e. The molecule has 0 aliphatic rings. The van der Waals surface area contributed by atoms with E-state index in [1.165, 1.54) is 15.6 Å². The Labute approximate surface area is 113 Å². The Bertz CT molecular complexity index is 476. The van der Waals surface area contributed by atoms with Crippen LogP contribution in [0.4, 0.5) is 0 Å². The minimum atomic E-state index is 0.728. The molecule has 0 amide bonds. The normalized spacial score (nSPS) is 11.5. The Morgan fingerprint density at radius 1 is 1.11 bits per heavy atom. The summed E-state index contributed by atoms with van der Waals surface area (Å²) >= 11 is 1.83. The number of hydrogen-bond acceptors (Lipinski definition) is 3. The average Bonchev–Trinajstić information content (AvgIpc) is 2.77. The third kappa shape index (κ3) is 3.80. The zero-order valence-corrected chi connectivity index (χ0v) is 12.0. The van der Waals surface area contributed by atoms with Crippen LogP contribution in [0, 0.1) is 5.92 Å². The van der Waals surface area contributed by atoms with E-state index >= 15 is 0 Å². The fourth-order valence-electron chi connectivity index (χ4n) is 1.96. The van der Waals surface area contributed by atoms with Crippen molar-refractivity contribution in [1.29, 1.82) is 0 Å². The Morgan fingerprint density at radius 3 is 2.72 bits per heavy atom. The highest BCUT2D eigenvalue weighted by atomic mass is 32.1. The fraction of sp³-hybridized carbons (Fsp3) is 0.467. The Morgan fingerprint density at radius 2 is 1.89 bits per heavy atom. The molecule has 0 unspecified atom stereocenters. The van der Waals surface area contributed by atoms with Crippen LogP contribution < -0.4 is 10.6 Å². The molecule has 1 heterocycles. The smallest absolute Gasteiger partial charge is 0.0346 e. The van der Waals surface area contributed by atoms with Crippen LogP contribution in [-0.2, 0) is 6.54 Å². The lowest BCUT2D eigenvalue weighted by Crippen LogP contribution is -2.29. The molecule has 0 spiro atoms. The minimum Gasteiger partial charge on any atom is -0.315 e. The number of hydrogen-bond donors (Lipinski definition) is 2. The van der Waals surface area contributed by atoms with Gasteiger partial charge < -0.3 is 10.6 Å². The zero-order chi connectivity index (χ0) is 12.8. The standard InChI is InChI=1S/C15H22N2S/c1-12(2)9-16-7-8-17-10-13-11-18-15-6-4-3-5-14(13)15/h3-6,11-12,16-17H,7-10H2,1-2H3. The summed E-state index contributed by atoms with van der Waals surface area (Å²) in [4.78, 5) is 0. The molecule has 0 fully saturated rings. The highest BCUT2D eigenvalue weighted by Gasteiger charge is 2.02. The van der Waals surface area contributed by atoms with Crippen LogP contribution in [0.15, 0.2) is 29.6 Å². The maximum atomic E-state index is 3.50. The van der Waals surface area contributed by atoms with Crippen LogP contribution in [0.3, 0.4) is 0 Å². The van der Waals surface area contributed by atoms with Gasteiger partial charge >= 0.3 is 0 Å². The summed E-state index contributed by atoms with van der Waals surface area (Å²) in [5.41, 5.74) is 1.42. The number of thiophene rings is 1. The highest BCUT2D eigenvalue weighted by Crippen LogP contribution is 2.25. The van der Waals surface area contributed by atoms with E-state index in [0.29, 0.717) is 0 Å². The van der Waals surface area contributed by atoms with Gasteiger partial charge in [-0.15, -0.1) is 11.3 Å². The Hall–Kier alpha value is -0.900. The second kappa shape index (κ2) is 6.88. The predicted octanol–water partition coefficient (Wildman–Crippen LogP) is 3.24. The van der Waals surface area contributed by atoms with Crippen LogP contribution in [-0.4, -0.2) is 19.6 Å². The molecule has 18 heavy (non-hydrogen) atoms. The molecule has 0 radical (unpaired) electrons. The van der Waals surface area contributed by atoms with Crippen molar-refractivity contribution in [1.82, 2.24) is 10.6 Å². The van der Waals surface area contributed by atoms with Crippen molar-refractivity contribution in [3.63, 3.8) is 0 Å². The van der Waals surface area contributed by atoms with E-state index in [4.69, 9.17) is 0 Å². The first-order valence-electron chi connectivity index (χ1n) is 6.64. The molecule has 0 aliphatic carbocycles. The number of rotatable bonds is 7. The maximum absolute atomic E-state index is 3.50. The lowest BCUT2D eigenvalue weighted by Gasteiger charge is -2.08. The van der Waals surface area contributed by atoms with Crippen LogP contribution >= 0.6 is 11.3 Å². The van der Waals surface area contributed by atoms with Crippen LogP contribution in [0.5, 0.6) is 0 Å². The number of benzene rings is 1. The van der Waals surface area contributed by atoms with Gasteiger partial charge in [0.25, 0.3) is 0 Å². The first-order chi connectivity index (χ1) is 8.77. The third-order valence-electron chi connectivity index (χ3n) is 2.91. The highest BCUT2D eigenvalue weighted by molar-refractivity contribution is 7.17. The molecule has 2 rings (SSSR count). The van der Waals surface area contributed by atoms with Crippen molar-refractivity contribution in [2.24, 2.45) is 5.92 Å². The van der Waals surface area contributed by atoms with Crippen LogP contribution in [0.1, 0.15) is 19.4 Å². The van der Waals surface area contributed by atoms with E-state index in [-0.39, 0.29) is 0 Å². The molecule has 2 nitrogen and oxygen atoms in total. The van der Waals surface area contributed by atoms with Crippen molar-refractivity contribution in [2.75, 3.05) is 19.6 Å². The van der Waals surface area contributed by atoms with Gasteiger partial charge in [-0.1, -0.05) is 32.0 Å². The number of nitrogens with one attached hydrogen (secondary N) is 2. The van der Waals surface area contributed by atoms with Crippen molar-refractivity contribution < 1.29 is 0 Å². The van der Waals surface area contributed by atoms with E-state index in [2.05, 4.69) is 54.1 Å². The maximum Gasteiger partial charge on any atom is 0.0346 e. The van der Waals surface area contributed by atoms with E-state index in [1.807, 2.05) is 11.3 Å². The van der Waals surface area contributed by atoms with Gasteiger partial charge in [-0.05, 0) is 34.9 Å². The average molecular weight is 262 g/mol. The monoisotopic (exact) mass is 262 g/mol. The minimum absolute atomic E-state index is 0.728. The molecule has 0 bridgehead atoms. The van der Waals surface area contributed by atoms with Crippen LogP contribution in [0.2, 0.25) is 0 Å². The molecule has 0 saturated carbocycles. The molecule has 1 aromatic heterocycles. The first kappa shape index (κ1) is 13.5. The summed E-state index contributed by atoms with van der Waals surface area (Å²) in [6, 6.07) is 8.61. The molecule has 3 heteroatoms. The summed E-state index contributed by atoms with van der Waals surface area (Å²) < 4.78 is 1.38. The van der Waals surface area contributed by atoms with Crippen molar-refractivity contribution in [2.45, 2.75) is 20.4 Å². The van der Waals surface area contributed by atoms with Gasteiger partial charge in [0.2, 0.25) is 0 Å². The first-order valence-corrected chi connectivity index (χ1v) is 7.52. The Balaban J connectivity index is 1.74. The molecule has 98 valence electrons. The molecular weight excluding hydrogens is 240 g/mol. The van der Waals surface area contributed by atoms with Gasteiger partial charge in [-0.3, -0.25) is 0 Å². The summed E-state index contributed by atoms with van der Waals surface area (Å²) in [6.45, 7) is 8.60. The molecule has 1 aromatic carbocycles. The van der Waals surface area contributed by atoms with Gasteiger partial charge in [0.15, 0.2) is 0 Å². The summed E-state index contributed by atoms with van der Waals surface area (Å²) in [5, 5.41) is 10.6. The van der Waals surface area contributed by atoms with Crippen LogP contribution in [0.25, 0.3) is 10.1 Å². The summed E-state index contributed by atoms with van der Waals surface area (Å²) in [7, 11) is 0. The fourth-order valence-corrected chi connectivity index (χ4v) is 2.92. The van der Waals surface area contributed by atoms with Gasteiger partial charge in [0, 0.05) is 24.3 Å². The third-order valence-corrected chi connectivity index (χ3v) is 3.92. The van der Waals surface area contributed by atoms with E-state index in [0.717, 1.165) is 32.1 Å². The second-order valence-electron chi connectivity index (χ2n) is 5.03. The second-order valence-corrected chi connectivity index (χ2v) is 5.94. The molecule has 2 aromatic rings. The quantitative estimate of drug-likeness (QED) is 0.749. The molecular formula is C15H22N2S. The lowest BCUT2D eigenvalue weighted by atomic mass is 10.2. The molecule has 0 aliphatic heterocycles. The summed E-state index contributed by atoms with van der Waals surface area (Å²) in [5.74, 6) is 0.728. The van der Waals surface area contributed by atoms with E-state index < -0.39 is 0 Å². The predicted molar refractivity (Wildman–Crippen MR) is 81.2 cm³/mol. The van der Waals surface area contributed by atoms with Gasteiger partial charge in [-0.2, -0.15) is 0 Å². The number of fused-ring (bicyclic) bond motifs is 1. The van der Waals surface area contributed by atoms with E-state index in [1.54, 1.807) is 0 Å². The van der Waals surface area contributed by atoms with Gasteiger partial charge in [-0.25, -0.2) is 0 Å². The van der Waals surface area contributed by atoms with Crippen molar-refractivity contribution in [3.05, 3.63) is 35.2 Å². The zero-order valence-electron chi connectivity index (χ0n) is 11.2. The molecule has 0 saturated heterocycles. The van der Waals surface area contributed by atoms with Crippen molar-refractivity contribution >= 4 is 21.4 Å². The Kier molecular flexibility index (Phi) is 5.17. The summed E-state index contributed by atoms with van der Waals surface area (Å²) in [6.07, 6.45) is 0. The van der Waals surface area contributed by atoms with Gasteiger partial charge in [0.05, 0.1) is 0 Å². The topological polar surface area (TPSA) is 24.1 Å². The lowest BCUT2D eigenvalue weighted by molar-refractivity contribution is 0.536. The SMILES string of the molecule is CC(C)CNCCNCc1csc2ccccc12. The molecule has 0 atom stereocenters. The van der Waals surface area contributed by atoms with Gasteiger partial charge in [0.1, 0.15) is 0 Å². The molecule has 2 N–H and O–H groups in total. The van der Waals surface area contributed by atoms with E-state index in [9.17, 15) is 0 Å².